The molecule has 100 valence electrons. The van der Waals surface area contributed by atoms with Gasteiger partial charge in [-0.05, 0) is 25.5 Å². The van der Waals surface area contributed by atoms with Gasteiger partial charge in [-0.1, -0.05) is 19.1 Å². The molecule has 1 aromatic carbocycles. The number of carbonyl (C=O) groups is 1. The average Bonchev–Trinajstić information content (AvgIpc) is 2.39. The van der Waals surface area contributed by atoms with Crippen LogP contribution in [0.2, 0.25) is 0 Å². The van der Waals surface area contributed by atoms with E-state index in [0.717, 1.165) is 13.0 Å². The zero-order valence-electron chi connectivity index (χ0n) is 11.2. The fourth-order valence-corrected chi connectivity index (χ4v) is 1.84. The molecule has 0 bridgehead atoms. The molecule has 4 nitrogen and oxygen atoms in total. The van der Waals surface area contributed by atoms with Crippen molar-refractivity contribution in [3.63, 3.8) is 0 Å². The fourth-order valence-electron chi connectivity index (χ4n) is 1.84. The predicted molar refractivity (Wildman–Crippen MR) is 72.9 cm³/mol. The first-order chi connectivity index (χ1) is 8.74. The van der Waals surface area contributed by atoms with Crippen LogP contribution in [-0.2, 0) is 0 Å². The molecular weight excluding hydrogens is 228 g/mol. The van der Waals surface area contributed by atoms with Gasteiger partial charge in [0, 0.05) is 19.6 Å². The van der Waals surface area contributed by atoms with Gasteiger partial charge in [0.15, 0.2) is 0 Å². The first-order valence-electron chi connectivity index (χ1n) is 6.45. The van der Waals surface area contributed by atoms with Gasteiger partial charge in [-0.2, -0.15) is 0 Å². The number of carbonyl (C=O) groups excluding carboxylic acids is 1. The highest BCUT2D eigenvalue weighted by atomic mass is 16.5. The predicted octanol–water partition coefficient (Wildman–Crippen LogP) is 1.90. The van der Waals surface area contributed by atoms with Crippen LogP contribution < -0.4 is 10.5 Å². The van der Waals surface area contributed by atoms with Crippen molar-refractivity contribution in [1.82, 2.24) is 4.90 Å². The topological polar surface area (TPSA) is 55.6 Å². The lowest BCUT2D eigenvalue weighted by atomic mass is 10.1. The lowest BCUT2D eigenvalue weighted by Crippen LogP contribution is -2.36. The molecule has 0 aliphatic carbocycles. The number of benzene rings is 1. The molecule has 0 heterocycles. The molecule has 4 heteroatoms. The van der Waals surface area contributed by atoms with Crippen molar-refractivity contribution in [2.24, 2.45) is 5.73 Å². The molecule has 0 spiro atoms. The Labute approximate surface area is 109 Å². The molecule has 0 radical (unpaired) electrons. The van der Waals surface area contributed by atoms with Crippen molar-refractivity contribution in [1.29, 1.82) is 0 Å². The second kappa shape index (κ2) is 7.71. The first kappa shape index (κ1) is 14.5. The van der Waals surface area contributed by atoms with Crippen LogP contribution in [0.4, 0.5) is 0 Å². The van der Waals surface area contributed by atoms with E-state index < -0.39 is 0 Å². The molecule has 1 aromatic rings. The van der Waals surface area contributed by atoms with E-state index >= 15 is 0 Å². The Morgan fingerprint density at radius 3 is 2.61 bits per heavy atom. The molecular formula is C14H22N2O2. The number of hydrogen-bond donors (Lipinski definition) is 1. The van der Waals surface area contributed by atoms with E-state index in [0.29, 0.717) is 31.0 Å². The minimum Gasteiger partial charge on any atom is -0.493 e. The van der Waals surface area contributed by atoms with Gasteiger partial charge >= 0.3 is 0 Å². The Balaban J connectivity index is 2.92. The minimum atomic E-state index is -0.00801. The molecule has 0 saturated carbocycles. The SMILES string of the molecule is CCCN(CCN)C(=O)c1ccccc1OCC. The van der Waals surface area contributed by atoms with Crippen LogP contribution >= 0.6 is 0 Å². The van der Waals surface area contributed by atoms with Gasteiger partial charge < -0.3 is 15.4 Å². The summed E-state index contributed by atoms with van der Waals surface area (Å²) >= 11 is 0. The second-order valence-electron chi connectivity index (χ2n) is 4.01. The first-order valence-corrected chi connectivity index (χ1v) is 6.45. The van der Waals surface area contributed by atoms with E-state index in [4.69, 9.17) is 10.5 Å². The van der Waals surface area contributed by atoms with Crippen molar-refractivity contribution in [3.8, 4) is 5.75 Å². The number of amides is 1. The minimum absolute atomic E-state index is 0.00801. The van der Waals surface area contributed by atoms with Crippen molar-refractivity contribution >= 4 is 5.91 Å². The molecule has 0 aliphatic rings. The summed E-state index contributed by atoms with van der Waals surface area (Å²) in [4.78, 5) is 14.2. The summed E-state index contributed by atoms with van der Waals surface area (Å²) in [7, 11) is 0. The highest BCUT2D eigenvalue weighted by molar-refractivity contribution is 5.96. The Hall–Kier alpha value is -1.55. The third-order valence-corrected chi connectivity index (χ3v) is 2.60. The summed E-state index contributed by atoms with van der Waals surface area (Å²) in [5.41, 5.74) is 6.16. The van der Waals surface area contributed by atoms with Gasteiger partial charge in [0.2, 0.25) is 0 Å². The largest absolute Gasteiger partial charge is 0.493 e. The van der Waals surface area contributed by atoms with Crippen LogP contribution in [0.3, 0.4) is 0 Å². The second-order valence-corrected chi connectivity index (χ2v) is 4.01. The highest BCUT2D eigenvalue weighted by Crippen LogP contribution is 2.19. The van der Waals surface area contributed by atoms with Crippen LogP contribution in [0, 0.1) is 0 Å². The van der Waals surface area contributed by atoms with Gasteiger partial charge in [-0.3, -0.25) is 4.79 Å². The number of nitrogens with two attached hydrogens (primary N) is 1. The zero-order chi connectivity index (χ0) is 13.4. The van der Waals surface area contributed by atoms with Crippen LogP contribution in [0.1, 0.15) is 30.6 Å². The zero-order valence-corrected chi connectivity index (χ0v) is 11.2. The lowest BCUT2D eigenvalue weighted by Gasteiger charge is -2.22. The van der Waals surface area contributed by atoms with Crippen LogP contribution in [0.25, 0.3) is 0 Å². The Kier molecular flexibility index (Phi) is 6.22. The van der Waals surface area contributed by atoms with Gasteiger partial charge in [0.1, 0.15) is 5.75 Å². The number of para-hydroxylation sites is 1. The van der Waals surface area contributed by atoms with Crippen molar-refractivity contribution < 1.29 is 9.53 Å². The Bertz CT molecular complexity index is 374. The maximum Gasteiger partial charge on any atom is 0.257 e. The fraction of sp³-hybridized carbons (Fsp3) is 0.500. The summed E-state index contributed by atoms with van der Waals surface area (Å²) in [6, 6.07) is 7.34. The highest BCUT2D eigenvalue weighted by Gasteiger charge is 2.17. The normalized spacial score (nSPS) is 10.2. The number of ether oxygens (including phenoxy) is 1. The molecule has 0 aliphatic heterocycles. The molecule has 2 N–H and O–H groups in total. The van der Waals surface area contributed by atoms with Crippen LogP contribution in [0.5, 0.6) is 5.75 Å². The smallest absolute Gasteiger partial charge is 0.257 e. The summed E-state index contributed by atoms with van der Waals surface area (Å²) in [5.74, 6) is 0.634. The van der Waals surface area contributed by atoms with E-state index in [1.165, 1.54) is 0 Å². The average molecular weight is 250 g/mol. The third kappa shape index (κ3) is 3.74. The summed E-state index contributed by atoms with van der Waals surface area (Å²) in [5, 5.41) is 0. The van der Waals surface area contributed by atoms with E-state index in [1.54, 1.807) is 11.0 Å². The third-order valence-electron chi connectivity index (χ3n) is 2.60. The molecule has 0 unspecified atom stereocenters. The molecule has 0 saturated heterocycles. The van der Waals surface area contributed by atoms with Crippen molar-refractivity contribution in [3.05, 3.63) is 29.8 Å². The molecule has 1 rings (SSSR count). The van der Waals surface area contributed by atoms with Gasteiger partial charge in [0.05, 0.1) is 12.2 Å². The summed E-state index contributed by atoms with van der Waals surface area (Å²) in [6.07, 6.45) is 0.919. The summed E-state index contributed by atoms with van der Waals surface area (Å²) in [6.45, 7) is 6.28. The van der Waals surface area contributed by atoms with Gasteiger partial charge in [-0.25, -0.2) is 0 Å². The van der Waals surface area contributed by atoms with E-state index in [1.807, 2.05) is 32.0 Å². The van der Waals surface area contributed by atoms with Crippen molar-refractivity contribution in [2.45, 2.75) is 20.3 Å². The lowest BCUT2D eigenvalue weighted by molar-refractivity contribution is 0.0756. The molecule has 1 amide bonds. The van der Waals surface area contributed by atoms with E-state index in [-0.39, 0.29) is 5.91 Å². The van der Waals surface area contributed by atoms with E-state index in [9.17, 15) is 4.79 Å². The van der Waals surface area contributed by atoms with E-state index in [2.05, 4.69) is 0 Å². The standard InChI is InChI=1S/C14H22N2O2/c1-3-10-16(11-9-15)14(17)12-7-5-6-8-13(12)18-4-2/h5-8H,3-4,9-11,15H2,1-2H3. The Morgan fingerprint density at radius 1 is 1.28 bits per heavy atom. The Morgan fingerprint density at radius 2 is 2.00 bits per heavy atom. The summed E-state index contributed by atoms with van der Waals surface area (Å²) < 4.78 is 5.49. The van der Waals surface area contributed by atoms with Crippen LogP contribution in [0.15, 0.2) is 24.3 Å². The maximum atomic E-state index is 12.4. The molecule has 0 aromatic heterocycles. The molecule has 0 fully saturated rings. The monoisotopic (exact) mass is 250 g/mol. The number of nitrogens with zero attached hydrogens (tertiary/aromatic N) is 1. The number of hydrogen-bond acceptors (Lipinski definition) is 3. The van der Waals surface area contributed by atoms with Crippen LogP contribution in [-0.4, -0.2) is 37.0 Å². The maximum absolute atomic E-state index is 12.4. The van der Waals surface area contributed by atoms with Crippen molar-refractivity contribution in [2.75, 3.05) is 26.2 Å². The molecule has 0 atom stereocenters. The van der Waals surface area contributed by atoms with Gasteiger partial charge in [0.25, 0.3) is 5.91 Å². The quantitative estimate of drug-likeness (QED) is 0.804. The van der Waals surface area contributed by atoms with Gasteiger partial charge in [-0.15, -0.1) is 0 Å². The molecule has 18 heavy (non-hydrogen) atoms. The number of rotatable bonds is 7.